The molecule has 134 valence electrons. The Hall–Kier alpha value is -0.900. The van der Waals surface area contributed by atoms with Crippen molar-refractivity contribution in [3.8, 4) is 0 Å². The molecule has 2 saturated heterocycles. The summed E-state index contributed by atoms with van der Waals surface area (Å²) in [7, 11) is 4.20. The van der Waals surface area contributed by atoms with Gasteiger partial charge in [0.15, 0.2) is 0 Å². The smallest absolute Gasteiger partial charge is 0.101 e. The van der Waals surface area contributed by atoms with Crippen molar-refractivity contribution < 1.29 is 9.47 Å². The number of rotatable bonds is 6. The van der Waals surface area contributed by atoms with Crippen LogP contribution in [0.25, 0.3) is 0 Å². The molecule has 1 aliphatic carbocycles. The molecule has 3 unspecified atom stereocenters. The summed E-state index contributed by atoms with van der Waals surface area (Å²) in [5.74, 6) is 0.572. The van der Waals surface area contributed by atoms with Gasteiger partial charge in [0, 0.05) is 13.0 Å². The van der Waals surface area contributed by atoms with Crippen molar-refractivity contribution in [2.75, 3.05) is 27.2 Å². The zero-order valence-corrected chi connectivity index (χ0v) is 16.0. The summed E-state index contributed by atoms with van der Waals surface area (Å²) in [5, 5.41) is 0. The monoisotopic (exact) mass is 331 g/mol. The van der Waals surface area contributed by atoms with Gasteiger partial charge in [0.2, 0.25) is 0 Å². The normalized spacial score (nSPS) is 34.7. The van der Waals surface area contributed by atoms with Crippen LogP contribution >= 0.6 is 0 Å². The summed E-state index contributed by atoms with van der Waals surface area (Å²) in [6, 6.07) is 10.8. The molecule has 3 atom stereocenters. The van der Waals surface area contributed by atoms with Crippen LogP contribution in [0.4, 0.5) is 0 Å². The molecule has 3 heteroatoms. The third-order valence-corrected chi connectivity index (χ3v) is 6.23. The molecule has 0 radical (unpaired) electrons. The average Bonchev–Trinajstić information content (AvgIpc) is 2.49. The van der Waals surface area contributed by atoms with Gasteiger partial charge < -0.3 is 14.4 Å². The molecule has 1 aromatic rings. The molecule has 1 aromatic carbocycles. The van der Waals surface area contributed by atoms with E-state index in [0.717, 1.165) is 32.4 Å². The molecule has 3 nitrogen and oxygen atoms in total. The van der Waals surface area contributed by atoms with Gasteiger partial charge in [0.25, 0.3) is 0 Å². The molecule has 1 saturated carbocycles. The van der Waals surface area contributed by atoms with Crippen molar-refractivity contribution in [1.29, 1.82) is 0 Å². The van der Waals surface area contributed by atoms with Crippen molar-refractivity contribution in [3.63, 3.8) is 0 Å². The van der Waals surface area contributed by atoms with Crippen molar-refractivity contribution in [2.45, 2.75) is 63.3 Å². The predicted octanol–water partition coefficient (Wildman–Crippen LogP) is 3.91. The lowest BCUT2D eigenvalue weighted by Gasteiger charge is -2.63. The van der Waals surface area contributed by atoms with Crippen molar-refractivity contribution in [1.82, 2.24) is 4.90 Å². The number of nitrogens with zero attached hydrogens (tertiary/aromatic N) is 1. The molecule has 0 N–H and O–H groups in total. The van der Waals surface area contributed by atoms with Crippen LogP contribution in [-0.2, 0) is 15.9 Å². The van der Waals surface area contributed by atoms with Gasteiger partial charge in [-0.25, -0.2) is 0 Å². The first-order valence-corrected chi connectivity index (χ1v) is 9.29. The second kappa shape index (κ2) is 6.44. The Labute approximate surface area is 147 Å². The van der Waals surface area contributed by atoms with Crippen LogP contribution in [-0.4, -0.2) is 49.0 Å². The summed E-state index contributed by atoms with van der Waals surface area (Å²) in [5.41, 5.74) is 0.867. The Balaban J connectivity index is 1.88. The van der Waals surface area contributed by atoms with E-state index < -0.39 is 0 Å². The quantitative estimate of drug-likeness (QED) is 0.789. The first-order valence-electron chi connectivity index (χ1n) is 9.29. The Morgan fingerprint density at radius 2 is 1.88 bits per heavy atom. The van der Waals surface area contributed by atoms with Gasteiger partial charge in [0.05, 0.1) is 17.8 Å². The van der Waals surface area contributed by atoms with Crippen LogP contribution < -0.4 is 0 Å². The van der Waals surface area contributed by atoms with Gasteiger partial charge in [0.1, 0.15) is 5.60 Å². The van der Waals surface area contributed by atoms with E-state index in [1.165, 1.54) is 12.0 Å². The van der Waals surface area contributed by atoms with E-state index in [0.29, 0.717) is 5.92 Å². The SMILES string of the molecule is CN(C)CCOC1(Cc2ccccc2)CC2CCC1(C)OC2(C)C. The third kappa shape index (κ3) is 3.26. The third-order valence-electron chi connectivity index (χ3n) is 6.23. The fraction of sp³-hybridized carbons (Fsp3) is 0.714. The maximum atomic E-state index is 6.67. The van der Waals surface area contributed by atoms with Crippen LogP contribution in [0, 0.1) is 5.92 Å². The Kier molecular flexibility index (Phi) is 4.80. The highest BCUT2D eigenvalue weighted by Gasteiger charge is 2.62. The molecule has 0 amide bonds. The number of likely N-dealkylation sites (N-methyl/N-ethyl adjacent to an activating group) is 1. The lowest BCUT2D eigenvalue weighted by atomic mass is 9.59. The summed E-state index contributed by atoms with van der Waals surface area (Å²) in [6.45, 7) is 8.48. The summed E-state index contributed by atoms with van der Waals surface area (Å²) in [4.78, 5) is 2.18. The minimum atomic E-state index is -0.219. The molecular weight excluding hydrogens is 298 g/mol. The Morgan fingerprint density at radius 1 is 1.17 bits per heavy atom. The Morgan fingerprint density at radius 3 is 2.46 bits per heavy atom. The zero-order chi connectivity index (χ0) is 17.4. The van der Waals surface area contributed by atoms with E-state index in [2.05, 4.69) is 70.1 Å². The van der Waals surface area contributed by atoms with Gasteiger partial charge in [-0.15, -0.1) is 0 Å². The number of benzene rings is 1. The van der Waals surface area contributed by atoms with Gasteiger partial charge in [-0.05, 0) is 65.6 Å². The van der Waals surface area contributed by atoms with E-state index in [4.69, 9.17) is 9.47 Å². The van der Waals surface area contributed by atoms with Crippen LogP contribution in [0.15, 0.2) is 30.3 Å². The van der Waals surface area contributed by atoms with Crippen molar-refractivity contribution >= 4 is 0 Å². The van der Waals surface area contributed by atoms with Crippen molar-refractivity contribution in [3.05, 3.63) is 35.9 Å². The lowest BCUT2D eigenvalue weighted by molar-refractivity contribution is -0.325. The van der Waals surface area contributed by atoms with E-state index in [-0.39, 0.29) is 16.8 Å². The van der Waals surface area contributed by atoms with E-state index in [1.807, 2.05) is 0 Å². The van der Waals surface area contributed by atoms with Gasteiger partial charge in [-0.1, -0.05) is 30.3 Å². The molecule has 4 rings (SSSR count). The summed E-state index contributed by atoms with van der Waals surface area (Å²) >= 11 is 0. The first-order chi connectivity index (χ1) is 11.3. The zero-order valence-electron chi connectivity index (χ0n) is 16.0. The average molecular weight is 332 g/mol. The number of hydrogen-bond donors (Lipinski definition) is 0. The number of ether oxygens (including phenoxy) is 2. The summed E-state index contributed by atoms with van der Waals surface area (Å²) in [6.07, 6.45) is 4.37. The lowest BCUT2D eigenvalue weighted by Crippen LogP contribution is -2.70. The van der Waals surface area contributed by atoms with Gasteiger partial charge in [-0.3, -0.25) is 0 Å². The van der Waals surface area contributed by atoms with Crippen molar-refractivity contribution in [2.24, 2.45) is 5.92 Å². The Bertz CT molecular complexity index is 556. The minimum absolute atomic E-state index is 0.0436. The highest BCUT2D eigenvalue weighted by molar-refractivity contribution is 5.22. The number of fused-ring (bicyclic) bond motifs is 3. The first kappa shape index (κ1) is 17.9. The highest BCUT2D eigenvalue weighted by Crippen LogP contribution is 2.56. The molecule has 0 aromatic heterocycles. The molecule has 24 heavy (non-hydrogen) atoms. The number of hydrogen-bond acceptors (Lipinski definition) is 3. The topological polar surface area (TPSA) is 21.7 Å². The van der Waals surface area contributed by atoms with Crippen LogP contribution in [0.1, 0.15) is 45.6 Å². The maximum absolute atomic E-state index is 6.67. The molecule has 0 spiro atoms. The second-order valence-electron chi connectivity index (χ2n) is 8.68. The summed E-state index contributed by atoms with van der Waals surface area (Å²) < 4.78 is 13.3. The maximum Gasteiger partial charge on any atom is 0.101 e. The van der Waals surface area contributed by atoms with E-state index >= 15 is 0 Å². The fourth-order valence-electron chi connectivity index (χ4n) is 4.67. The largest absolute Gasteiger partial charge is 0.370 e. The van der Waals surface area contributed by atoms with E-state index in [1.54, 1.807) is 0 Å². The van der Waals surface area contributed by atoms with Crippen LogP contribution in [0.5, 0.6) is 0 Å². The fourth-order valence-corrected chi connectivity index (χ4v) is 4.67. The molecule has 3 fully saturated rings. The molecule has 2 heterocycles. The standard InChI is InChI=1S/C21H33NO2/c1-19(2)18-11-12-20(3,24-19)21(16-18,23-14-13-22(4)5)15-17-9-7-6-8-10-17/h6-10,18H,11-16H2,1-5H3. The molecular formula is C21H33NO2. The van der Waals surface area contributed by atoms with Crippen LogP contribution in [0.3, 0.4) is 0 Å². The molecule has 2 aliphatic heterocycles. The van der Waals surface area contributed by atoms with Crippen LogP contribution in [0.2, 0.25) is 0 Å². The predicted molar refractivity (Wildman–Crippen MR) is 98.3 cm³/mol. The second-order valence-corrected chi connectivity index (χ2v) is 8.68. The van der Waals surface area contributed by atoms with Gasteiger partial charge in [-0.2, -0.15) is 0 Å². The van der Waals surface area contributed by atoms with Gasteiger partial charge >= 0.3 is 0 Å². The minimum Gasteiger partial charge on any atom is -0.370 e. The van der Waals surface area contributed by atoms with E-state index in [9.17, 15) is 0 Å². The molecule has 2 bridgehead atoms. The molecule has 3 aliphatic rings. The highest BCUT2D eigenvalue weighted by atomic mass is 16.6.